The van der Waals surface area contributed by atoms with Gasteiger partial charge in [0, 0.05) is 31.1 Å². The lowest BCUT2D eigenvalue weighted by atomic mass is 10.1. The second-order valence-electron chi connectivity index (χ2n) is 5.40. The van der Waals surface area contributed by atoms with Crippen LogP contribution in [0, 0.1) is 0 Å². The zero-order valence-electron chi connectivity index (χ0n) is 12.6. The summed E-state index contributed by atoms with van der Waals surface area (Å²) < 4.78 is 2.21. The highest BCUT2D eigenvalue weighted by Crippen LogP contribution is 2.36. The van der Waals surface area contributed by atoms with Crippen LogP contribution in [0.15, 0.2) is 17.3 Å². The van der Waals surface area contributed by atoms with Crippen molar-refractivity contribution in [3.05, 3.63) is 18.0 Å². The van der Waals surface area contributed by atoms with Gasteiger partial charge in [-0.3, -0.25) is 4.68 Å². The maximum absolute atomic E-state index is 4.63. The van der Waals surface area contributed by atoms with Crippen LogP contribution in [0.1, 0.15) is 32.4 Å². The number of aryl methyl sites for hydroxylation is 1. The first-order valence-electron chi connectivity index (χ1n) is 7.26. The van der Waals surface area contributed by atoms with E-state index in [0.29, 0.717) is 11.3 Å². The Balaban J connectivity index is 1.90. The number of hydrogen-bond acceptors (Lipinski definition) is 3. The molecule has 5 nitrogen and oxygen atoms in total. The molecule has 112 valence electrons. The fourth-order valence-corrected chi connectivity index (χ4v) is 3.55. The Morgan fingerprint density at radius 2 is 2.40 bits per heavy atom. The molecule has 0 spiro atoms. The van der Waals surface area contributed by atoms with Crippen LogP contribution in [-0.2, 0) is 13.6 Å². The van der Waals surface area contributed by atoms with Crippen molar-refractivity contribution in [2.75, 3.05) is 18.8 Å². The predicted molar refractivity (Wildman–Crippen MR) is 86.1 cm³/mol. The molecule has 0 saturated carbocycles. The maximum atomic E-state index is 4.63. The molecular weight excluding hydrogens is 270 g/mol. The Hall–Kier alpha value is -1.17. The smallest absolute Gasteiger partial charge is 0.191 e. The SMILES string of the molecule is CCNC(=NCc1ccnn1C)NCC1(C)CCCS1. The van der Waals surface area contributed by atoms with Gasteiger partial charge in [0.2, 0.25) is 0 Å². The monoisotopic (exact) mass is 295 g/mol. The van der Waals surface area contributed by atoms with Gasteiger partial charge < -0.3 is 10.6 Å². The molecule has 0 amide bonds. The minimum absolute atomic E-state index is 0.350. The van der Waals surface area contributed by atoms with E-state index < -0.39 is 0 Å². The maximum Gasteiger partial charge on any atom is 0.191 e. The lowest BCUT2D eigenvalue weighted by molar-refractivity contribution is 0.584. The van der Waals surface area contributed by atoms with Crippen molar-refractivity contribution in [2.45, 2.75) is 38.0 Å². The Bertz CT molecular complexity index is 448. The third-order valence-corrected chi connectivity index (χ3v) is 5.13. The number of thioether (sulfide) groups is 1. The molecule has 0 aromatic carbocycles. The minimum Gasteiger partial charge on any atom is -0.357 e. The number of aliphatic imine (C=N–C) groups is 1. The van der Waals surface area contributed by atoms with Crippen LogP contribution in [0.5, 0.6) is 0 Å². The van der Waals surface area contributed by atoms with E-state index >= 15 is 0 Å². The summed E-state index contributed by atoms with van der Waals surface area (Å²) in [4.78, 5) is 4.63. The quantitative estimate of drug-likeness (QED) is 0.642. The second kappa shape index (κ2) is 7.02. The van der Waals surface area contributed by atoms with E-state index in [2.05, 4.69) is 46.3 Å². The Morgan fingerprint density at radius 1 is 1.55 bits per heavy atom. The van der Waals surface area contributed by atoms with Crippen LogP contribution in [0.3, 0.4) is 0 Å². The van der Waals surface area contributed by atoms with E-state index in [9.17, 15) is 0 Å². The van der Waals surface area contributed by atoms with Crippen LogP contribution in [0.4, 0.5) is 0 Å². The van der Waals surface area contributed by atoms with Crippen LogP contribution in [0.25, 0.3) is 0 Å². The summed E-state index contributed by atoms with van der Waals surface area (Å²) in [7, 11) is 1.95. The molecular formula is C14H25N5S. The van der Waals surface area contributed by atoms with Crippen LogP contribution < -0.4 is 10.6 Å². The molecule has 6 heteroatoms. The molecule has 1 unspecified atom stereocenters. The molecule has 1 fully saturated rings. The zero-order chi connectivity index (χ0) is 14.4. The lowest BCUT2D eigenvalue weighted by Gasteiger charge is -2.24. The second-order valence-corrected chi connectivity index (χ2v) is 7.08. The van der Waals surface area contributed by atoms with Gasteiger partial charge in [-0.1, -0.05) is 0 Å². The molecule has 1 aromatic heterocycles. The first kappa shape index (κ1) is 15.2. The largest absolute Gasteiger partial charge is 0.357 e. The molecule has 2 N–H and O–H groups in total. The van der Waals surface area contributed by atoms with Gasteiger partial charge in [-0.25, -0.2) is 4.99 Å². The van der Waals surface area contributed by atoms with E-state index in [1.807, 2.05) is 17.8 Å². The number of nitrogens with zero attached hydrogens (tertiary/aromatic N) is 3. The van der Waals surface area contributed by atoms with Crippen molar-refractivity contribution in [1.29, 1.82) is 0 Å². The Labute approximate surface area is 125 Å². The van der Waals surface area contributed by atoms with Gasteiger partial charge in [0.25, 0.3) is 0 Å². The normalized spacial score (nSPS) is 23.1. The molecule has 0 bridgehead atoms. The van der Waals surface area contributed by atoms with Gasteiger partial charge in [0.05, 0.1) is 12.2 Å². The fourth-order valence-electron chi connectivity index (χ4n) is 2.31. The summed E-state index contributed by atoms with van der Waals surface area (Å²) in [6.07, 6.45) is 4.42. The molecule has 2 rings (SSSR count). The first-order chi connectivity index (χ1) is 9.63. The Morgan fingerprint density at radius 3 is 3.00 bits per heavy atom. The van der Waals surface area contributed by atoms with Gasteiger partial charge in [-0.15, -0.1) is 0 Å². The van der Waals surface area contributed by atoms with Crippen molar-refractivity contribution in [2.24, 2.45) is 12.0 Å². The van der Waals surface area contributed by atoms with Crippen LogP contribution >= 0.6 is 11.8 Å². The van der Waals surface area contributed by atoms with Gasteiger partial charge in [-0.2, -0.15) is 16.9 Å². The molecule has 20 heavy (non-hydrogen) atoms. The lowest BCUT2D eigenvalue weighted by Crippen LogP contribution is -2.43. The van der Waals surface area contributed by atoms with Crippen molar-refractivity contribution in [1.82, 2.24) is 20.4 Å². The molecule has 1 aliphatic heterocycles. The summed E-state index contributed by atoms with van der Waals surface area (Å²) in [6.45, 7) is 6.92. The molecule has 1 aromatic rings. The topological polar surface area (TPSA) is 54.2 Å². The number of rotatable bonds is 5. The molecule has 1 aliphatic rings. The highest BCUT2D eigenvalue weighted by molar-refractivity contribution is 8.00. The van der Waals surface area contributed by atoms with E-state index in [1.165, 1.54) is 18.6 Å². The van der Waals surface area contributed by atoms with Crippen LogP contribution in [0.2, 0.25) is 0 Å². The number of hydrogen-bond donors (Lipinski definition) is 2. The summed E-state index contributed by atoms with van der Waals surface area (Å²) in [5.74, 6) is 2.17. The van der Waals surface area contributed by atoms with E-state index in [-0.39, 0.29) is 0 Å². The van der Waals surface area contributed by atoms with Gasteiger partial charge in [-0.05, 0) is 38.5 Å². The van der Waals surface area contributed by atoms with Gasteiger partial charge in [0.1, 0.15) is 0 Å². The van der Waals surface area contributed by atoms with Crippen molar-refractivity contribution >= 4 is 17.7 Å². The average molecular weight is 295 g/mol. The van der Waals surface area contributed by atoms with Crippen molar-refractivity contribution < 1.29 is 0 Å². The molecule has 1 atom stereocenters. The summed E-state index contributed by atoms with van der Waals surface area (Å²) in [5, 5.41) is 10.9. The highest BCUT2D eigenvalue weighted by atomic mass is 32.2. The molecule has 0 radical (unpaired) electrons. The van der Waals surface area contributed by atoms with Crippen LogP contribution in [-0.4, -0.2) is 39.3 Å². The predicted octanol–water partition coefficient (Wildman–Crippen LogP) is 1.76. The summed E-state index contributed by atoms with van der Waals surface area (Å²) >= 11 is 2.06. The minimum atomic E-state index is 0.350. The van der Waals surface area contributed by atoms with Crippen molar-refractivity contribution in [3.8, 4) is 0 Å². The molecule has 2 heterocycles. The first-order valence-corrected chi connectivity index (χ1v) is 8.24. The fraction of sp³-hybridized carbons (Fsp3) is 0.714. The van der Waals surface area contributed by atoms with Gasteiger partial charge >= 0.3 is 0 Å². The average Bonchev–Trinajstić information content (AvgIpc) is 3.03. The highest BCUT2D eigenvalue weighted by Gasteiger charge is 2.29. The Kier molecular flexibility index (Phi) is 5.34. The van der Waals surface area contributed by atoms with E-state index in [1.54, 1.807) is 6.20 Å². The standard InChI is InChI=1S/C14H25N5S/c1-4-15-13(16-10-12-6-8-18-19(12)3)17-11-14(2)7-5-9-20-14/h6,8H,4-5,7,9-11H2,1-3H3,(H2,15,16,17). The number of aromatic nitrogens is 2. The third kappa shape index (κ3) is 4.16. The molecule has 0 aliphatic carbocycles. The zero-order valence-corrected chi connectivity index (χ0v) is 13.5. The van der Waals surface area contributed by atoms with Gasteiger partial charge in [0.15, 0.2) is 5.96 Å². The number of nitrogens with one attached hydrogen (secondary N) is 2. The van der Waals surface area contributed by atoms with E-state index in [0.717, 1.165) is 24.7 Å². The summed E-state index contributed by atoms with van der Waals surface area (Å²) in [5.41, 5.74) is 1.11. The number of guanidine groups is 1. The summed E-state index contributed by atoms with van der Waals surface area (Å²) in [6, 6.07) is 2.00. The van der Waals surface area contributed by atoms with E-state index in [4.69, 9.17) is 0 Å². The van der Waals surface area contributed by atoms with Crippen molar-refractivity contribution in [3.63, 3.8) is 0 Å². The third-order valence-electron chi connectivity index (χ3n) is 3.60. The molecule has 1 saturated heterocycles.